The van der Waals surface area contributed by atoms with Crippen LogP contribution in [0.1, 0.15) is 26.7 Å². The van der Waals surface area contributed by atoms with Crippen molar-refractivity contribution in [3.05, 3.63) is 0 Å². The number of ether oxygens (including phenoxy) is 1. The van der Waals surface area contributed by atoms with Crippen molar-refractivity contribution in [3.63, 3.8) is 0 Å². The number of halogens is 1. The zero-order valence-corrected chi connectivity index (χ0v) is 11.7. The molecule has 0 aliphatic carbocycles. The van der Waals surface area contributed by atoms with Crippen LogP contribution >= 0.6 is 22.9 Å². The Morgan fingerprint density at radius 1 is 1.43 bits per heavy atom. The molecule has 0 aromatic carbocycles. The number of likely N-dealkylation sites (N-methyl/N-ethyl adjacent to an activating group) is 1. The van der Waals surface area contributed by atoms with Crippen LogP contribution in [0.4, 0.5) is 0 Å². The van der Waals surface area contributed by atoms with Crippen LogP contribution in [-0.4, -0.2) is 44.3 Å². The van der Waals surface area contributed by atoms with Crippen LogP contribution in [0.2, 0.25) is 0 Å². The molecule has 0 saturated carbocycles. The highest BCUT2D eigenvalue weighted by Crippen LogP contribution is 2.07. The summed E-state index contributed by atoms with van der Waals surface area (Å²) >= 11 is 2.21. The lowest BCUT2D eigenvalue weighted by atomic mass is 10.1. The second-order valence-corrected chi connectivity index (χ2v) is 4.12. The number of hydrogen-bond acceptors (Lipinski definition) is 3. The van der Waals surface area contributed by atoms with Gasteiger partial charge in [0.15, 0.2) is 0 Å². The second-order valence-electron chi connectivity index (χ2n) is 3.36. The van der Waals surface area contributed by atoms with Crippen LogP contribution in [0.25, 0.3) is 0 Å². The molecule has 1 N–H and O–H groups in total. The maximum Gasteiger partial charge on any atom is 0.0589 e. The van der Waals surface area contributed by atoms with Crippen LogP contribution in [0.3, 0.4) is 0 Å². The lowest BCUT2D eigenvalue weighted by molar-refractivity contribution is 0.118. The molecule has 0 spiro atoms. The highest BCUT2D eigenvalue weighted by molar-refractivity contribution is 14.1. The maximum atomic E-state index is 5.11. The minimum absolute atomic E-state index is 0.692. The lowest BCUT2D eigenvalue weighted by Gasteiger charge is -2.29. The summed E-state index contributed by atoms with van der Waals surface area (Å²) in [7, 11) is 1.77. The third kappa shape index (κ3) is 6.16. The van der Waals surface area contributed by atoms with Crippen LogP contribution in [0.5, 0.6) is 0 Å². The van der Waals surface area contributed by atoms with Gasteiger partial charge in [0.05, 0.1) is 6.61 Å². The Bertz CT molecular complexity index is 111. The first-order valence-electron chi connectivity index (χ1n) is 5.36. The van der Waals surface area contributed by atoms with Crippen LogP contribution in [0, 0.1) is 0 Å². The van der Waals surface area contributed by atoms with E-state index in [1.165, 1.54) is 12.8 Å². The fourth-order valence-corrected chi connectivity index (χ4v) is 1.98. The monoisotopic (exact) mass is 314 g/mol. The van der Waals surface area contributed by atoms with Crippen LogP contribution in [-0.2, 0) is 4.74 Å². The normalized spacial score (nSPS) is 13.5. The summed E-state index contributed by atoms with van der Waals surface area (Å²) in [6.45, 7) is 8.56. The van der Waals surface area contributed by atoms with Gasteiger partial charge in [-0.1, -0.05) is 13.8 Å². The van der Waals surface area contributed by atoms with E-state index in [2.05, 4.69) is 45.1 Å². The Labute approximate surface area is 102 Å². The summed E-state index contributed by atoms with van der Waals surface area (Å²) < 4.78 is 8.29. The maximum absolute atomic E-state index is 5.11. The summed E-state index contributed by atoms with van der Waals surface area (Å²) in [5, 5.41) is 0. The van der Waals surface area contributed by atoms with E-state index in [9.17, 15) is 0 Å². The standard InChI is InChI=1S/C10H23IN2O/c1-4-10(6-7-12-11)13(5-2)8-9-14-3/h10,12H,4-9H2,1-3H3. The van der Waals surface area contributed by atoms with E-state index in [0.29, 0.717) is 6.04 Å². The number of hydrogen-bond donors (Lipinski definition) is 1. The number of nitrogens with one attached hydrogen (secondary N) is 1. The van der Waals surface area contributed by atoms with E-state index in [1.807, 2.05) is 0 Å². The topological polar surface area (TPSA) is 24.5 Å². The summed E-state index contributed by atoms with van der Waals surface area (Å²) in [4.78, 5) is 2.50. The fraction of sp³-hybridized carbons (Fsp3) is 1.00. The molecule has 0 fully saturated rings. The largest absolute Gasteiger partial charge is 0.383 e. The average molecular weight is 314 g/mol. The van der Waals surface area contributed by atoms with Gasteiger partial charge >= 0.3 is 0 Å². The molecule has 0 aromatic rings. The van der Waals surface area contributed by atoms with Gasteiger partial charge in [0, 0.05) is 49.1 Å². The van der Waals surface area contributed by atoms with E-state index >= 15 is 0 Å². The summed E-state index contributed by atoms with van der Waals surface area (Å²) in [5.74, 6) is 0. The quantitative estimate of drug-likeness (QED) is 0.521. The lowest BCUT2D eigenvalue weighted by Crippen LogP contribution is -2.38. The molecule has 14 heavy (non-hydrogen) atoms. The molecule has 0 saturated heterocycles. The Morgan fingerprint density at radius 2 is 2.14 bits per heavy atom. The van der Waals surface area contributed by atoms with Crippen molar-refractivity contribution in [2.45, 2.75) is 32.7 Å². The van der Waals surface area contributed by atoms with Crippen molar-refractivity contribution in [3.8, 4) is 0 Å². The smallest absolute Gasteiger partial charge is 0.0589 e. The molecule has 0 radical (unpaired) electrons. The van der Waals surface area contributed by atoms with Gasteiger partial charge in [-0.05, 0) is 19.4 Å². The van der Waals surface area contributed by atoms with Gasteiger partial charge in [0.25, 0.3) is 0 Å². The van der Waals surface area contributed by atoms with Gasteiger partial charge < -0.3 is 4.74 Å². The van der Waals surface area contributed by atoms with Crippen LogP contribution in [0.15, 0.2) is 0 Å². The number of methoxy groups -OCH3 is 1. The van der Waals surface area contributed by atoms with Crippen molar-refractivity contribution in [1.82, 2.24) is 8.43 Å². The molecule has 0 bridgehead atoms. The molecule has 0 rings (SSSR count). The Balaban J connectivity index is 3.87. The van der Waals surface area contributed by atoms with E-state index in [-0.39, 0.29) is 0 Å². The van der Waals surface area contributed by atoms with Gasteiger partial charge in [-0.15, -0.1) is 0 Å². The predicted octanol–water partition coefficient (Wildman–Crippen LogP) is 2.06. The van der Waals surface area contributed by atoms with Crippen LogP contribution < -0.4 is 3.53 Å². The third-order valence-electron chi connectivity index (χ3n) is 2.55. The van der Waals surface area contributed by atoms with Crippen molar-refractivity contribution < 1.29 is 4.74 Å². The second kappa shape index (κ2) is 10.1. The molecule has 0 aliphatic heterocycles. The van der Waals surface area contributed by atoms with Gasteiger partial charge in [-0.2, -0.15) is 0 Å². The van der Waals surface area contributed by atoms with Crippen molar-refractivity contribution >= 4 is 22.9 Å². The first-order chi connectivity index (χ1) is 6.79. The van der Waals surface area contributed by atoms with Crippen molar-refractivity contribution in [1.29, 1.82) is 0 Å². The molecular formula is C10H23IN2O. The molecule has 0 aliphatic rings. The predicted molar refractivity (Wildman–Crippen MR) is 69.8 cm³/mol. The summed E-state index contributed by atoms with van der Waals surface area (Å²) in [5.41, 5.74) is 0. The molecular weight excluding hydrogens is 291 g/mol. The van der Waals surface area contributed by atoms with Gasteiger partial charge in [0.1, 0.15) is 0 Å². The molecule has 0 aromatic heterocycles. The van der Waals surface area contributed by atoms with E-state index < -0.39 is 0 Å². The van der Waals surface area contributed by atoms with Crippen molar-refractivity contribution in [2.24, 2.45) is 0 Å². The minimum Gasteiger partial charge on any atom is -0.383 e. The molecule has 0 heterocycles. The molecule has 1 unspecified atom stereocenters. The SMILES string of the molecule is CCC(CCNI)N(CC)CCOC. The number of rotatable bonds is 9. The van der Waals surface area contributed by atoms with E-state index in [1.54, 1.807) is 7.11 Å². The zero-order chi connectivity index (χ0) is 10.8. The molecule has 86 valence electrons. The van der Waals surface area contributed by atoms with Gasteiger partial charge in [-0.3, -0.25) is 8.43 Å². The summed E-state index contributed by atoms with van der Waals surface area (Å²) in [6, 6.07) is 0.692. The van der Waals surface area contributed by atoms with Gasteiger partial charge in [0.2, 0.25) is 0 Å². The van der Waals surface area contributed by atoms with E-state index in [0.717, 1.165) is 26.2 Å². The Hall–Kier alpha value is 0.610. The Morgan fingerprint density at radius 3 is 2.57 bits per heavy atom. The first kappa shape index (κ1) is 14.6. The summed E-state index contributed by atoms with van der Waals surface area (Å²) in [6.07, 6.45) is 2.44. The highest BCUT2D eigenvalue weighted by Gasteiger charge is 2.13. The zero-order valence-electron chi connectivity index (χ0n) is 9.55. The number of nitrogens with zero attached hydrogens (tertiary/aromatic N) is 1. The molecule has 3 nitrogen and oxygen atoms in total. The molecule has 4 heteroatoms. The first-order valence-corrected chi connectivity index (χ1v) is 6.44. The molecule has 0 amide bonds. The highest BCUT2D eigenvalue weighted by atomic mass is 127. The third-order valence-corrected chi connectivity index (χ3v) is 3.09. The fourth-order valence-electron chi connectivity index (χ4n) is 1.67. The van der Waals surface area contributed by atoms with Gasteiger partial charge in [-0.25, -0.2) is 0 Å². The Kier molecular flexibility index (Phi) is 10.6. The minimum atomic E-state index is 0.692. The van der Waals surface area contributed by atoms with E-state index in [4.69, 9.17) is 4.74 Å². The molecule has 1 atom stereocenters. The van der Waals surface area contributed by atoms with Crippen molar-refractivity contribution in [2.75, 3.05) is 33.4 Å². The average Bonchev–Trinajstić information content (AvgIpc) is 2.23.